The number of hydrogen-bond donors (Lipinski definition) is 0. The highest BCUT2D eigenvalue weighted by Crippen LogP contribution is 2.39. The maximum Gasteiger partial charge on any atom is 0.267 e. The van der Waals surface area contributed by atoms with E-state index in [1.807, 2.05) is 47.1 Å². The number of rotatable bonds is 6. The Morgan fingerprint density at radius 1 is 1.06 bits per heavy atom. The van der Waals surface area contributed by atoms with Crippen LogP contribution in [0.25, 0.3) is 11.0 Å². The molecular formula is C27H29Cl2N5OS. The Bertz CT molecular complexity index is 1460. The van der Waals surface area contributed by atoms with Crippen LogP contribution in [0.1, 0.15) is 38.7 Å². The van der Waals surface area contributed by atoms with Crippen LogP contribution < -0.4 is 10.5 Å². The van der Waals surface area contributed by atoms with Gasteiger partial charge in [0.2, 0.25) is 5.95 Å². The summed E-state index contributed by atoms with van der Waals surface area (Å²) in [6.07, 6.45) is 3.31. The zero-order valence-corrected chi connectivity index (χ0v) is 23.0. The second-order valence-electron chi connectivity index (χ2n) is 9.73. The molecule has 0 aliphatic carbocycles. The molecule has 5 rings (SSSR count). The summed E-state index contributed by atoms with van der Waals surface area (Å²) >= 11 is 14.1. The van der Waals surface area contributed by atoms with E-state index in [1.54, 1.807) is 17.7 Å². The second kappa shape index (κ2) is 10.1. The lowest BCUT2D eigenvalue weighted by Gasteiger charge is -2.39. The molecule has 188 valence electrons. The SMILES string of the molecule is CCC1(C)CCN(c2nc3c(c(Sc4cccc(Cl)c4Cl)nn3Cc3ccccc3)c(=O)n2C)CC1. The van der Waals surface area contributed by atoms with Crippen molar-refractivity contribution in [3.05, 3.63) is 74.5 Å². The van der Waals surface area contributed by atoms with Gasteiger partial charge >= 0.3 is 0 Å². The van der Waals surface area contributed by atoms with Gasteiger partial charge in [0.1, 0.15) is 10.4 Å². The predicted octanol–water partition coefficient (Wildman–Crippen LogP) is 6.65. The molecule has 0 unspecified atom stereocenters. The fraction of sp³-hybridized carbons (Fsp3) is 0.370. The quantitative estimate of drug-likeness (QED) is 0.273. The van der Waals surface area contributed by atoms with Gasteiger partial charge in [0.05, 0.1) is 16.6 Å². The van der Waals surface area contributed by atoms with E-state index in [1.165, 1.54) is 11.8 Å². The van der Waals surface area contributed by atoms with Gasteiger partial charge < -0.3 is 4.90 Å². The van der Waals surface area contributed by atoms with Crippen molar-refractivity contribution in [2.75, 3.05) is 18.0 Å². The van der Waals surface area contributed by atoms with E-state index in [0.29, 0.717) is 44.0 Å². The van der Waals surface area contributed by atoms with Crippen LogP contribution in [0.5, 0.6) is 0 Å². The zero-order valence-electron chi connectivity index (χ0n) is 20.7. The van der Waals surface area contributed by atoms with E-state index in [2.05, 4.69) is 18.7 Å². The van der Waals surface area contributed by atoms with Crippen molar-refractivity contribution in [1.82, 2.24) is 19.3 Å². The van der Waals surface area contributed by atoms with Crippen molar-refractivity contribution in [3.63, 3.8) is 0 Å². The third kappa shape index (κ3) is 4.76. The van der Waals surface area contributed by atoms with E-state index < -0.39 is 0 Å². The zero-order chi connectivity index (χ0) is 25.4. The van der Waals surface area contributed by atoms with E-state index >= 15 is 0 Å². The van der Waals surface area contributed by atoms with Gasteiger partial charge in [-0.25, -0.2) is 4.68 Å². The molecule has 0 bridgehead atoms. The van der Waals surface area contributed by atoms with Gasteiger partial charge in [0.15, 0.2) is 5.65 Å². The van der Waals surface area contributed by atoms with Crippen molar-refractivity contribution in [1.29, 1.82) is 0 Å². The minimum absolute atomic E-state index is 0.112. The van der Waals surface area contributed by atoms with E-state index in [-0.39, 0.29) is 5.56 Å². The van der Waals surface area contributed by atoms with Crippen LogP contribution >= 0.6 is 35.0 Å². The number of halogens is 2. The lowest BCUT2D eigenvalue weighted by molar-refractivity contribution is 0.236. The Hall–Kier alpha value is -2.48. The minimum atomic E-state index is -0.112. The molecule has 0 atom stereocenters. The lowest BCUT2D eigenvalue weighted by Crippen LogP contribution is -2.41. The van der Waals surface area contributed by atoms with Crippen LogP contribution in [0.3, 0.4) is 0 Å². The fourth-order valence-corrected chi connectivity index (χ4v) is 6.10. The highest BCUT2D eigenvalue weighted by molar-refractivity contribution is 7.99. The molecule has 0 saturated carbocycles. The summed E-state index contributed by atoms with van der Waals surface area (Å²) in [6.45, 7) is 6.86. The van der Waals surface area contributed by atoms with Gasteiger partial charge in [-0.15, -0.1) is 0 Å². The molecule has 2 aromatic carbocycles. The van der Waals surface area contributed by atoms with Gasteiger partial charge in [0, 0.05) is 25.0 Å². The molecule has 3 heterocycles. The number of fused-ring (bicyclic) bond motifs is 1. The van der Waals surface area contributed by atoms with Gasteiger partial charge in [-0.05, 0) is 36.0 Å². The molecule has 4 aromatic rings. The molecule has 36 heavy (non-hydrogen) atoms. The first-order valence-corrected chi connectivity index (χ1v) is 13.7. The predicted molar refractivity (Wildman–Crippen MR) is 149 cm³/mol. The van der Waals surface area contributed by atoms with Gasteiger partial charge in [0.25, 0.3) is 5.56 Å². The summed E-state index contributed by atoms with van der Waals surface area (Å²) in [5.74, 6) is 0.692. The maximum atomic E-state index is 13.8. The average Bonchev–Trinajstić information content (AvgIpc) is 3.22. The normalized spacial score (nSPS) is 15.5. The summed E-state index contributed by atoms with van der Waals surface area (Å²) in [7, 11) is 1.80. The number of nitrogens with zero attached hydrogens (tertiary/aromatic N) is 5. The van der Waals surface area contributed by atoms with Crippen LogP contribution in [-0.4, -0.2) is 32.4 Å². The number of anilines is 1. The van der Waals surface area contributed by atoms with E-state index in [4.69, 9.17) is 33.3 Å². The highest BCUT2D eigenvalue weighted by atomic mass is 35.5. The Morgan fingerprint density at radius 3 is 2.47 bits per heavy atom. The second-order valence-corrected chi connectivity index (χ2v) is 11.5. The fourth-order valence-electron chi connectivity index (χ4n) is 4.65. The van der Waals surface area contributed by atoms with Crippen LogP contribution in [-0.2, 0) is 13.6 Å². The molecule has 9 heteroatoms. The Balaban J connectivity index is 1.62. The van der Waals surface area contributed by atoms with Crippen molar-refractivity contribution >= 4 is 51.9 Å². The summed E-state index contributed by atoms with van der Waals surface area (Å²) in [5.41, 5.74) is 1.90. The Kier molecular flexibility index (Phi) is 7.07. The largest absolute Gasteiger partial charge is 0.342 e. The topological polar surface area (TPSA) is 56.0 Å². The van der Waals surface area contributed by atoms with E-state index in [9.17, 15) is 4.79 Å². The molecule has 0 amide bonds. The average molecular weight is 543 g/mol. The Morgan fingerprint density at radius 2 is 1.78 bits per heavy atom. The van der Waals surface area contributed by atoms with Gasteiger partial charge in [-0.2, -0.15) is 10.1 Å². The van der Waals surface area contributed by atoms with Crippen LogP contribution in [0, 0.1) is 5.41 Å². The Labute approximate surface area is 225 Å². The molecule has 0 radical (unpaired) electrons. The lowest BCUT2D eigenvalue weighted by atomic mass is 9.78. The smallest absolute Gasteiger partial charge is 0.267 e. The van der Waals surface area contributed by atoms with E-state index in [0.717, 1.165) is 42.8 Å². The minimum Gasteiger partial charge on any atom is -0.342 e. The highest BCUT2D eigenvalue weighted by Gasteiger charge is 2.31. The standard InChI is InChI=1S/C27H29Cl2N5OS/c1-4-27(2)13-15-33(16-14-27)26-30-23-21(25(35)32(26)3)24(36-20-12-8-11-19(28)22(20)29)31-34(23)17-18-9-6-5-7-10-18/h5-12H,4,13-17H2,1-3H3. The molecule has 0 spiro atoms. The third-order valence-electron chi connectivity index (χ3n) is 7.32. The number of hydrogen-bond acceptors (Lipinski definition) is 5. The summed E-state index contributed by atoms with van der Waals surface area (Å²) in [5, 5.41) is 6.84. The molecular weight excluding hydrogens is 513 g/mol. The maximum absolute atomic E-state index is 13.8. The molecule has 1 fully saturated rings. The van der Waals surface area contributed by atoms with Crippen LogP contribution in [0.4, 0.5) is 5.95 Å². The van der Waals surface area contributed by atoms with Crippen molar-refractivity contribution in [2.24, 2.45) is 12.5 Å². The number of benzene rings is 2. The summed E-state index contributed by atoms with van der Waals surface area (Å²) in [4.78, 5) is 21.8. The first kappa shape index (κ1) is 25.2. The first-order chi connectivity index (χ1) is 17.3. The summed E-state index contributed by atoms with van der Waals surface area (Å²) in [6, 6.07) is 15.5. The number of aromatic nitrogens is 4. The van der Waals surface area contributed by atoms with Gasteiger partial charge in [-0.1, -0.05) is 91.6 Å². The molecule has 1 aliphatic rings. The third-order valence-corrected chi connectivity index (χ3v) is 9.29. The molecule has 2 aromatic heterocycles. The van der Waals surface area contributed by atoms with Crippen molar-refractivity contribution < 1.29 is 0 Å². The molecule has 1 saturated heterocycles. The number of piperidine rings is 1. The van der Waals surface area contributed by atoms with Gasteiger partial charge in [-0.3, -0.25) is 9.36 Å². The summed E-state index contributed by atoms with van der Waals surface area (Å²) < 4.78 is 3.49. The first-order valence-electron chi connectivity index (χ1n) is 12.2. The van der Waals surface area contributed by atoms with Crippen LogP contribution in [0.2, 0.25) is 10.0 Å². The molecule has 1 aliphatic heterocycles. The monoisotopic (exact) mass is 541 g/mol. The molecule has 6 nitrogen and oxygen atoms in total. The molecule has 0 N–H and O–H groups in total. The van der Waals surface area contributed by atoms with Crippen LogP contribution in [0.15, 0.2) is 63.2 Å². The van der Waals surface area contributed by atoms with Crippen molar-refractivity contribution in [2.45, 2.75) is 49.6 Å². The van der Waals surface area contributed by atoms with Crippen molar-refractivity contribution in [3.8, 4) is 0 Å².